The molecule has 4 heteroatoms. The fourth-order valence-electron chi connectivity index (χ4n) is 4.03. The Morgan fingerprint density at radius 3 is 1.83 bits per heavy atom. The lowest BCUT2D eigenvalue weighted by molar-refractivity contribution is 0.414. The second-order valence-electron chi connectivity index (χ2n) is 7.46. The van der Waals surface area contributed by atoms with Gasteiger partial charge in [-0.2, -0.15) is 0 Å². The fourth-order valence-corrected chi connectivity index (χ4v) is 4.03. The average molecular weight is 399 g/mol. The zero-order valence-electron chi connectivity index (χ0n) is 17.2. The molecule has 0 fully saturated rings. The van der Waals surface area contributed by atoms with Crippen molar-refractivity contribution in [3.8, 4) is 11.5 Å². The summed E-state index contributed by atoms with van der Waals surface area (Å²) in [5, 5.41) is 0. The third-order valence-electron chi connectivity index (χ3n) is 5.55. The molecule has 3 aromatic rings. The van der Waals surface area contributed by atoms with Gasteiger partial charge in [-0.1, -0.05) is 60.7 Å². The number of hydrogen-bond donors (Lipinski definition) is 2. The summed E-state index contributed by atoms with van der Waals surface area (Å²) < 4.78 is 10.7. The first kappa shape index (κ1) is 20.0. The SMILES string of the molecule is COc1ccc(C2=C(c3ccccc3)C=CC(N)(N)C2c2ccc(OC)cc2)cc1. The van der Waals surface area contributed by atoms with E-state index >= 15 is 0 Å². The number of allylic oxidation sites excluding steroid dienone is 2. The standard InChI is InChI=1S/C26H26N2O2/c1-29-21-12-8-19(9-13-21)24-23(18-6-4-3-5-7-18)16-17-26(27,28)25(24)20-10-14-22(30-2)15-11-20/h3-17,25H,27-28H2,1-2H3. The number of rotatable bonds is 5. The third-order valence-corrected chi connectivity index (χ3v) is 5.55. The molecule has 1 unspecified atom stereocenters. The number of ether oxygens (including phenoxy) is 2. The van der Waals surface area contributed by atoms with Crippen LogP contribution in [0.1, 0.15) is 22.6 Å². The van der Waals surface area contributed by atoms with Gasteiger partial charge in [0.25, 0.3) is 0 Å². The van der Waals surface area contributed by atoms with Gasteiger partial charge in [0, 0.05) is 5.92 Å². The Kier molecular flexibility index (Phi) is 5.44. The number of benzene rings is 3. The van der Waals surface area contributed by atoms with Crippen LogP contribution >= 0.6 is 0 Å². The van der Waals surface area contributed by atoms with Gasteiger partial charge in [0.1, 0.15) is 11.5 Å². The summed E-state index contributed by atoms with van der Waals surface area (Å²) in [6.45, 7) is 0. The smallest absolute Gasteiger partial charge is 0.118 e. The number of hydrogen-bond acceptors (Lipinski definition) is 4. The van der Waals surface area contributed by atoms with E-state index < -0.39 is 5.66 Å². The lowest BCUT2D eigenvalue weighted by Gasteiger charge is -2.38. The summed E-state index contributed by atoms with van der Waals surface area (Å²) in [5.41, 5.74) is 17.7. The van der Waals surface area contributed by atoms with Crippen LogP contribution in [0.15, 0.2) is 91.0 Å². The quantitative estimate of drug-likeness (QED) is 0.617. The Bertz CT molecular complexity index is 1070. The molecule has 0 amide bonds. The highest BCUT2D eigenvalue weighted by Gasteiger charge is 2.38. The zero-order valence-corrected chi connectivity index (χ0v) is 17.2. The average Bonchev–Trinajstić information content (AvgIpc) is 2.79. The predicted molar refractivity (Wildman–Crippen MR) is 122 cm³/mol. The van der Waals surface area contributed by atoms with Crippen molar-refractivity contribution in [3.05, 3.63) is 108 Å². The Morgan fingerprint density at radius 2 is 1.27 bits per heavy atom. The van der Waals surface area contributed by atoms with Crippen molar-refractivity contribution in [1.82, 2.24) is 0 Å². The Hall–Kier alpha value is -3.34. The van der Waals surface area contributed by atoms with E-state index in [4.69, 9.17) is 20.9 Å². The monoisotopic (exact) mass is 398 g/mol. The van der Waals surface area contributed by atoms with Crippen LogP contribution in [0.4, 0.5) is 0 Å². The Balaban J connectivity index is 1.95. The predicted octanol–water partition coefficient (Wildman–Crippen LogP) is 4.58. The molecule has 0 aromatic heterocycles. The van der Waals surface area contributed by atoms with Crippen LogP contribution in [0.5, 0.6) is 11.5 Å². The molecule has 0 heterocycles. The Labute approximate surface area is 177 Å². The summed E-state index contributed by atoms with van der Waals surface area (Å²) in [5.74, 6) is 1.36. The van der Waals surface area contributed by atoms with Gasteiger partial charge >= 0.3 is 0 Å². The van der Waals surface area contributed by atoms with Gasteiger partial charge in [-0.25, -0.2) is 0 Å². The van der Waals surface area contributed by atoms with E-state index in [-0.39, 0.29) is 5.92 Å². The van der Waals surface area contributed by atoms with Crippen molar-refractivity contribution >= 4 is 11.1 Å². The van der Waals surface area contributed by atoms with E-state index in [0.29, 0.717) is 0 Å². The molecule has 0 aliphatic heterocycles. The number of methoxy groups -OCH3 is 2. The lowest BCUT2D eigenvalue weighted by Crippen LogP contribution is -2.54. The maximum absolute atomic E-state index is 6.65. The molecule has 0 saturated carbocycles. The van der Waals surface area contributed by atoms with Gasteiger partial charge in [-0.15, -0.1) is 0 Å². The van der Waals surface area contributed by atoms with E-state index in [1.165, 1.54) is 0 Å². The molecule has 1 aliphatic rings. The van der Waals surface area contributed by atoms with Crippen LogP contribution in [0.3, 0.4) is 0 Å². The molecule has 4 N–H and O–H groups in total. The van der Waals surface area contributed by atoms with Crippen LogP contribution in [-0.4, -0.2) is 19.9 Å². The van der Waals surface area contributed by atoms with Crippen LogP contribution in [0, 0.1) is 0 Å². The summed E-state index contributed by atoms with van der Waals surface area (Å²) >= 11 is 0. The van der Waals surface area contributed by atoms with E-state index in [0.717, 1.165) is 39.3 Å². The second kappa shape index (κ2) is 8.19. The maximum atomic E-state index is 6.65. The largest absolute Gasteiger partial charge is 0.497 e. The van der Waals surface area contributed by atoms with Crippen molar-refractivity contribution in [2.24, 2.45) is 11.5 Å². The topological polar surface area (TPSA) is 70.5 Å². The highest BCUT2D eigenvalue weighted by atomic mass is 16.5. The first-order valence-electron chi connectivity index (χ1n) is 9.88. The van der Waals surface area contributed by atoms with E-state index in [2.05, 4.69) is 24.3 Å². The molecule has 0 radical (unpaired) electrons. The Morgan fingerprint density at radius 1 is 0.700 bits per heavy atom. The molecule has 1 atom stereocenters. The van der Waals surface area contributed by atoms with Crippen molar-refractivity contribution in [2.45, 2.75) is 11.6 Å². The van der Waals surface area contributed by atoms with Crippen molar-refractivity contribution < 1.29 is 9.47 Å². The second-order valence-corrected chi connectivity index (χ2v) is 7.46. The van der Waals surface area contributed by atoms with Gasteiger partial charge in [0.2, 0.25) is 0 Å². The van der Waals surface area contributed by atoms with Crippen LogP contribution < -0.4 is 20.9 Å². The minimum Gasteiger partial charge on any atom is -0.497 e. The van der Waals surface area contributed by atoms with Crippen molar-refractivity contribution in [2.75, 3.05) is 14.2 Å². The minimum atomic E-state index is -1.04. The van der Waals surface area contributed by atoms with Crippen molar-refractivity contribution in [1.29, 1.82) is 0 Å². The first-order valence-corrected chi connectivity index (χ1v) is 9.88. The van der Waals surface area contributed by atoms with Crippen LogP contribution in [-0.2, 0) is 0 Å². The maximum Gasteiger partial charge on any atom is 0.118 e. The zero-order chi connectivity index (χ0) is 21.1. The molecular weight excluding hydrogens is 372 g/mol. The molecule has 0 bridgehead atoms. The molecule has 30 heavy (non-hydrogen) atoms. The summed E-state index contributed by atoms with van der Waals surface area (Å²) in [7, 11) is 3.32. The van der Waals surface area contributed by atoms with Gasteiger partial charge in [0.15, 0.2) is 0 Å². The minimum absolute atomic E-state index is 0.239. The summed E-state index contributed by atoms with van der Waals surface area (Å²) in [4.78, 5) is 0. The van der Waals surface area contributed by atoms with Crippen LogP contribution in [0.25, 0.3) is 11.1 Å². The first-order chi connectivity index (χ1) is 14.5. The lowest BCUT2D eigenvalue weighted by atomic mass is 9.72. The molecule has 4 rings (SSSR count). The molecule has 0 saturated heterocycles. The number of nitrogens with two attached hydrogens (primary N) is 2. The van der Waals surface area contributed by atoms with Gasteiger partial charge < -0.3 is 20.9 Å². The molecule has 0 spiro atoms. The molecule has 4 nitrogen and oxygen atoms in total. The molecule has 152 valence electrons. The van der Waals surface area contributed by atoms with Crippen LogP contribution in [0.2, 0.25) is 0 Å². The summed E-state index contributed by atoms with van der Waals surface area (Å²) in [6.07, 6.45) is 3.94. The van der Waals surface area contributed by atoms with Crippen molar-refractivity contribution in [3.63, 3.8) is 0 Å². The van der Waals surface area contributed by atoms with Gasteiger partial charge in [0.05, 0.1) is 19.9 Å². The van der Waals surface area contributed by atoms with Gasteiger partial charge in [-0.3, -0.25) is 0 Å². The molecular formula is C26H26N2O2. The normalized spacial score (nSPS) is 17.7. The summed E-state index contributed by atoms with van der Waals surface area (Å²) in [6, 6.07) is 26.3. The highest BCUT2D eigenvalue weighted by Crippen LogP contribution is 2.46. The van der Waals surface area contributed by atoms with E-state index in [9.17, 15) is 0 Å². The molecule has 1 aliphatic carbocycles. The molecule has 3 aromatic carbocycles. The van der Waals surface area contributed by atoms with E-state index in [1.807, 2.05) is 66.7 Å². The van der Waals surface area contributed by atoms with Gasteiger partial charge in [-0.05, 0) is 58.2 Å². The highest BCUT2D eigenvalue weighted by molar-refractivity contribution is 6.00. The third kappa shape index (κ3) is 3.75. The fraction of sp³-hybridized carbons (Fsp3) is 0.154. The van der Waals surface area contributed by atoms with E-state index in [1.54, 1.807) is 14.2 Å².